The van der Waals surface area contributed by atoms with Gasteiger partial charge in [-0.3, -0.25) is 9.59 Å². The zero-order valence-electron chi connectivity index (χ0n) is 21.6. The largest absolute Gasteiger partial charge is 0.497 e. The zero-order valence-corrected chi connectivity index (χ0v) is 21.6. The molecule has 2 aromatic carbocycles. The molecule has 3 atom stereocenters. The molecule has 9 heteroatoms. The highest BCUT2D eigenvalue weighted by atomic mass is 16.5. The molecule has 2 saturated heterocycles. The number of benzene rings is 2. The summed E-state index contributed by atoms with van der Waals surface area (Å²) in [6.45, 7) is 3.79. The molecule has 9 nitrogen and oxygen atoms in total. The summed E-state index contributed by atoms with van der Waals surface area (Å²) in [6, 6.07) is 10.9. The van der Waals surface area contributed by atoms with Gasteiger partial charge in [0.2, 0.25) is 0 Å². The van der Waals surface area contributed by atoms with E-state index in [4.69, 9.17) is 19.9 Å². The number of carbonyl (C=O) groups excluding carboxylic acids is 2. The molecule has 0 aromatic heterocycles. The highest BCUT2D eigenvalue weighted by Crippen LogP contribution is 2.31. The Labute approximate surface area is 217 Å². The van der Waals surface area contributed by atoms with Crippen molar-refractivity contribution in [3.05, 3.63) is 58.7 Å². The maximum absolute atomic E-state index is 13.3. The van der Waals surface area contributed by atoms with E-state index in [9.17, 15) is 14.7 Å². The number of fused-ring (bicyclic) bond motifs is 2. The van der Waals surface area contributed by atoms with Crippen molar-refractivity contribution in [2.75, 3.05) is 33.5 Å². The molecule has 3 unspecified atom stereocenters. The lowest BCUT2D eigenvalue weighted by molar-refractivity contribution is -0.00717. The van der Waals surface area contributed by atoms with Crippen LogP contribution in [0.4, 0.5) is 0 Å². The molecule has 4 N–H and O–H groups in total. The minimum atomic E-state index is -0.732. The lowest BCUT2D eigenvalue weighted by Crippen LogP contribution is -2.49. The van der Waals surface area contributed by atoms with Gasteiger partial charge in [-0.2, -0.15) is 0 Å². The van der Waals surface area contributed by atoms with Crippen LogP contribution in [0.15, 0.2) is 36.4 Å². The summed E-state index contributed by atoms with van der Waals surface area (Å²) in [7, 11) is 1.61. The molecule has 0 radical (unpaired) electrons. The fraction of sp³-hybridized carbons (Fsp3) is 0.500. The number of nitrogens with zero attached hydrogens (tertiary/aromatic N) is 1. The number of aliphatic hydroxyl groups is 1. The van der Waals surface area contributed by atoms with E-state index in [0.29, 0.717) is 56.1 Å². The molecule has 2 aromatic rings. The van der Waals surface area contributed by atoms with E-state index in [1.54, 1.807) is 25.3 Å². The lowest BCUT2D eigenvalue weighted by Gasteiger charge is -2.34. The highest BCUT2D eigenvalue weighted by molar-refractivity contribution is 6.00. The van der Waals surface area contributed by atoms with Crippen LogP contribution in [0.1, 0.15) is 58.0 Å². The molecule has 200 valence electrons. The first-order valence-corrected chi connectivity index (χ1v) is 12.9. The van der Waals surface area contributed by atoms with Crippen molar-refractivity contribution in [1.29, 1.82) is 0 Å². The van der Waals surface area contributed by atoms with Crippen LogP contribution in [0.2, 0.25) is 0 Å². The minimum Gasteiger partial charge on any atom is -0.497 e. The van der Waals surface area contributed by atoms with Crippen molar-refractivity contribution < 1.29 is 28.9 Å². The van der Waals surface area contributed by atoms with Crippen LogP contribution in [-0.4, -0.2) is 73.5 Å². The Morgan fingerprint density at radius 2 is 1.92 bits per heavy atom. The number of ether oxygens (including phenoxy) is 3. The molecule has 37 heavy (non-hydrogen) atoms. The molecule has 2 aliphatic rings. The van der Waals surface area contributed by atoms with Crippen molar-refractivity contribution in [3.8, 4) is 11.5 Å². The molecular weight excluding hydrogens is 474 g/mol. The number of aryl methyl sites for hydroxylation is 1. The van der Waals surface area contributed by atoms with Crippen molar-refractivity contribution in [2.45, 2.75) is 57.3 Å². The van der Waals surface area contributed by atoms with Crippen LogP contribution < -0.4 is 20.5 Å². The topological polar surface area (TPSA) is 123 Å². The number of hydrogen-bond acceptors (Lipinski definition) is 7. The summed E-state index contributed by atoms with van der Waals surface area (Å²) in [5.41, 5.74) is 8.69. The number of nitrogens with one attached hydrogen (secondary N) is 1. The zero-order chi connectivity index (χ0) is 26.4. The van der Waals surface area contributed by atoms with Gasteiger partial charge in [-0.1, -0.05) is 6.07 Å². The average molecular weight is 512 g/mol. The third kappa shape index (κ3) is 6.23. The molecule has 2 fully saturated rings. The molecule has 2 bridgehead atoms. The van der Waals surface area contributed by atoms with Crippen molar-refractivity contribution in [2.24, 2.45) is 5.73 Å². The summed E-state index contributed by atoms with van der Waals surface area (Å²) >= 11 is 0. The molecule has 0 saturated carbocycles. The predicted octanol–water partition coefficient (Wildman–Crippen LogP) is 2.28. The first-order chi connectivity index (χ1) is 17.9. The Morgan fingerprint density at radius 1 is 1.16 bits per heavy atom. The van der Waals surface area contributed by atoms with Crippen LogP contribution in [0.25, 0.3) is 0 Å². The number of morpholine rings is 1. The van der Waals surface area contributed by atoms with Crippen molar-refractivity contribution >= 4 is 11.8 Å². The van der Waals surface area contributed by atoms with Crippen molar-refractivity contribution in [3.63, 3.8) is 0 Å². The molecule has 0 spiro atoms. The number of hydrogen-bond donors (Lipinski definition) is 3. The van der Waals surface area contributed by atoms with Crippen LogP contribution in [0, 0.1) is 0 Å². The van der Waals surface area contributed by atoms with Crippen LogP contribution >= 0.6 is 0 Å². The maximum Gasteiger partial charge on any atom is 0.255 e. The number of rotatable bonds is 11. The maximum atomic E-state index is 13.3. The summed E-state index contributed by atoms with van der Waals surface area (Å²) < 4.78 is 16.6. The van der Waals surface area contributed by atoms with Gasteiger partial charge in [0, 0.05) is 18.7 Å². The summed E-state index contributed by atoms with van der Waals surface area (Å²) in [4.78, 5) is 28.1. The van der Waals surface area contributed by atoms with E-state index in [0.717, 1.165) is 29.7 Å². The fourth-order valence-corrected chi connectivity index (χ4v) is 5.12. The Kier molecular flexibility index (Phi) is 9.02. The smallest absolute Gasteiger partial charge is 0.255 e. The minimum absolute atomic E-state index is 0.0606. The van der Waals surface area contributed by atoms with Gasteiger partial charge in [0.05, 0.1) is 50.7 Å². The third-order valence-corrected chi connectivity index (χ3v) is 7.13. The van der Waals surface area contributed by atoms with Gasteiger partial charge in [0.1, 0.15) is 11.5 Å². The Bertz CT molecular complexity index is 1090. The lowest BCUT2D eigenvalue weighted by atomic mass is 10.0. The number of nitrogens with two attached hydrogens (primary N) is 1. The SMILES string of the molecule is CCOc1cc(C(=O)N2C3CCC2COC3)ccc1C(=O)NCC(O)CCc1ccc(OC)cc1CN. The average Bonchev–Trinajstić information content (AvgIpc) is 3.17. The van der Waals surface area contributed by atoms with Gasteiger partial charge in [0.15, 0.2) is 0 Å². The third-order valence-electron chi connectivity index (χ3n) is 7.13. The molecule has 4 rings (SSSR count). The highest BCUT2D eigenvalue weighted by Gasteiger charge is 2.40. The van der Waals surface area contributed by atoms with Crippen LogP contribution in [0.3, 0.4) is 0 Å². The summed E-state index contributed by atoms with van der Waals surface area (Å²) in [5, 5.41) is 13.3. The van der Waals surface area contributed by atoms with Crippen LogP contribution in [0.5, 0.6) is 11.5 Å². The van der Waals surface area contributed by atoms with Gasteiger partial charge in [-0.15, -0.1) is 0 Å². The standard InChI is InChI=1S/C28H37N3O6/c1-3-37-26-13-19(28(34)31-21-7-8-22(31)17-36-16-21)6-11-25(26)27(33)30-15-23(32)9-4-18-5-10-24(35-2)12-20(18)14-29/h5-6,10-13,21-23,32H,3-4,7-9,14-17,29H2,1-2H3,(H,30,33). The molecule has 2 heterocycles. The number of aliphatic hydroxyl groups excluding tert-OH is 1. The molecular formula is C28H37N3O6. The second-order valence-corrected chi connectivity index (χ2v) is 9.52. The predicted molar refractivity (Wildman–Crippen MR) is 139 cm³/mol. The quantitative estimate of drug-likeness (QED) is 0.423. The fourth-order valence-electron chi connectivity index (χ4n) is 5.12. The summed E-state index contributed by atoms with van der Waals surface area (Å²) in [6.07, 6.45) is 2.25. The van der Waals surface area contributed by atoms with Gasteiger partial charge in [-0.05, 0) is 74.1 Å². The van der Waals surface area contributed by atoms with Crippen molar-refractivity contribution in [1.82, 2.24) is 10.2 Å². The number of carbonyl (C=O) groups is 2. The normalized spacial score (nSPS) is 19.4. The Balaban J connectivity index is 1.36. The van der Waals surface area contributed by atoms with Gasteiger partial charge >= 0.3 is 0 Å². The second kappa shape index (κ2) is 12.4. The second-order valence-electron chi connectivity index (χ2n) is 9.52. The molecule has 0 aliphatic carbocycles. The van der Waals surface area contributed by atoms with E-state index < -0.39 is 6.10 Å². The van der Waals surface area contributed by atoms with E-state index in [1.807, 2.05) is 30.0 Å². The first-order valence-electron chi connectivity index (χ1n) is 12.9. The number of amides is 2. The van der Waals surface area contributed by atoms with E-state index in [2.05, 4.69) is 5.32 Å². The summed E-state index contributed by atoms with van der Waals surface area (Å²) in [5.74, 6) is 0.674. The van der Waals surface area contributed by atoms with E-state index in [1.165, 1.54) is 0 Å². The van der Waals surface area contributed by atoms with E-state index >= 15 is 0 Å². The monoisotopic (exact) mass is 511 g/mol. The van der Waals surface area contributed by atoms with E-state index in [-0.39, 0.29) is 30.4 Å². The number of methoxy groups -OCH3 is 1. The molecule has 2 amide bonds. The molecule has 2 aliphatic heterocycles. The Hall–Kier alpha value is -3.14. The Morgan fingerprint density at radius 3 is 2.59 bits per heavy atom. The first kappa shape index (κ1) is 26.9. The van der Waals surface area contributed by atoms with Gasteiger partial charge in [0.25, 0.3) is 11.8 Å². The van der Waals surface area contributed by atoms with Crippen LogP contribution in [-0.2, 0) is 17.7 Å². The van der Waals surface area contributed by atoms with Gasteiger partial charge in [-0.25, -0.2) is 0 Å². The van der Waals surface area contributed by atoms with Gasteiger partial charge < -0.3 is 35.3 Å².